The second kappa shape index (κ2) is 6.48. The molecule has 46 valence electrons. The highest BCUT2D eigenvalue weighted by Crippen LogP contribution is 1.97. The zero-order valence-corrected chi connectivity index (χ0v) is 8.08. The van der Waals surface area contributed by atoms with Crippen molar-refractivity contribution in [3.8, 4) is 0 Å². The van der Waals surface area contributed by atoms with Crippen LogP contribution < -0.4 is 0 Å². The highest BCUT2D eigenvalue weighted by Gasteiger charge is 2.23. The summed E-state index contributed by atoms with van der Waals surface area (Å²) in [6, 6.07) is 0. The van der Waals surface area contributed by atoms with Gasteiger partial charge < -0.3 is 43.7 Å². The summed E-state index contributed by atoms with van der Waals surface area (Å²) >= 11 is 0. The van der Waals surface area contributed by atoms with Gasteiger partial charge >= 0.3 is 0 Å². The van der Waals surface area contributed by atoms with Crippen molar-refractivity contribution < 1.29 is 0 Å². The van der Waals surface area contributed by atoms with E-state index in [4.69, 9.17) is 61.9 Å². The summed E-state index contributed by atoms with van der Waals surface area (Å²) in [7, 11) is 44.1. The molecule has 0 spiro atoms. The summed E-state index contributed by atoms with van der Waals surface area (Å²) in [5.41, 5.74) is 0. The first-order valence-electron chi connectivity index (χ1n) is 4.33. The standard InChI is InChI=1S/B14/c1-9(2)13(10(3)4)14(11(5)6)12(7)8/q-4. The van der Waals surface area contributed by atoms with Gasteiger partial charge in [0.05, 0.1) is 0 Å². The van der Waals surface area contributed by atoms with Crippen molar-refractivity contribution in [3.05, 3.63) is 0 Å². The van der Waals surface area contributed by atoms with Crippen molar-refractivity contribution >= 4 is 100 Å². The van der Waals surface area contributed by atoms with Crippen LogP contribution in [0, 0.1) is 0 Å². The molecule has 0 nitrogen and oxygen atoms in total. The van der Waals surface area contributed by atoms with Crippen LogP contribution in [-0.2, 0) is 0 Å². The van der Waals surface area contributed by atoms with Crippen LogP contribution in [0.5, 0.6) is 0 Å². The summed E-state index contributed by atoms with van der Waals surface area (Å²) in [6.07, 6.45) is -4.08. The Morgan fingerprint density at radius 2 is 0.857 bits per heavy atom. The first-order valence-corrected chi connectivity index (χ1v) is 4.33. The average Bonchev–Trinajstić information content (AvgIpc) is 1.96. The number of hydrogen-bond acceptors (Lipinski definition) is 0. The molecule has 0 fully saturated rings. The van der Waals surface area contributed by atoms with E-state index in [0.29, 0.717) is 0 Å². The van der Waals surface area contributed by atoms with Crippen molar-refractivity contribution in [3.63, 3.8) is 0 Å². The monoisotopic (exact) mass is 154 g/mol. The minimum atomic E-state index is -0.760. The highest BCUT2D eigenvalue weighted by atomic mass is 13.2. The molecule has 0 unspecified atom stereocenters. The molecule has 0 rings (SSSR count). The molecule has 0 aliphatic heterocycles. The lowest BCUT2D eigenvalue weighted by Gasteiger charge is -2.62. The van der Waals surface area contributed by atoms with Crippen molar-refractivity contribution in [2.24, 2.45) is 0 Å². The van der Waals surface area contributed by atoms with Gasteiger partial charge in [-0.3, -0.25) is 0 Å². The van der Waals surface area contributed by atoms with E-state index in [2.05, 4.69) is 0 Å². The Morgan fingerprint density at radius 1 is 0.571 bits per heavy atom. The topological polar surface area (TPSA) is 0 Å². The van der Waals surface area contributed by atoms with E-state index in [0.717, 1.165) is 0 Å². The molecular formula is B14-4. The maximum atomic E-state index is 5.51. The molecule has 0 heterocycles. The van der Waals surface area contributed by atoms with E-state index in [1.807, 2.05) is 0 Å². The first-order chi connectivity index (χ1) is 6.29. The van der Waals surface area contributed by atoms with E-state index >= 15 is 0 Å². The lowest BCUT2D eigenvalue weighted by molar-refractivity contribution is 3.41. The summed E-state index contributed by atoms with van der Waals surface area (Å²) < 4.78 is 0. The van der Waals surface area contributed by atoms with E-state index < -0.39 is 38.3 Å². The third-order valence-corrected chi connectivity index (χ3v) is 2.22. The fourth-order valence-electron chi connectivity index (χ4n) is 1.54. The highest BCUT2D eigenvalue weighted by molar-refractivity contribution is 8.10. The third-order valence-electron chi connectivity index (χ3n) is 2.22. The van der Waals surface area contributed by atoms with Gasteiger partial charge in [-0.15, -0.1) is 6.39 Å². The van der Waals surface area contributed by atoms with Gasteiger partial charge in [0.1, 0.15) is 0 Å². The molecule has 0 saturated heterocycles. The van der Waals surface area contributed by atoms with Gasteiger partial charge in [-0.2, -0.15) is 0 Å². The van der Waals surface area contributed by atoms with E-state index in [1.54, 1.807) is 0 Å². The fraction of sp³-hybridized carbons (Fsp3) is 0. The van der Waals surface area contributed by atoms with Crippen LogP contribution >= 0.6 is 0 Å². The number of rotatable bonds is 5. The molecular weight excluding hydrogens is 151 g/mol. The van der Waals surface area contributed by atoms with Crippen molar-refractivity contribution in [1.82, 2.24) is 0 Å². The molecule has 0 saturated carbocycles. The van der Waals surface area contributed by atoms with E-state index in [9.17, 15) is 0 Å². The van der Waals surface area contributed by atoms with Gasteiger partial charge in [0.15, 0.2) is 0 Å². The Kier molecular flexibility index (Phi) is 6.90. The predicted octanol–water partition coefficient (Wildman–Crippen LogP) is -5.33. The first kappa shape index (κ1) is 14.9. The summed E-state index contributed by atoms with van der Waals surface area (Å²) in [5.74, 6) is 0. The zero-order chi connectivity index (χ0) is 11.5. The Labute approximate surface area is 100 Å². The minimum Gasteiger partial charge on any atom is -0.729 e. The maximum absolute atomic E-state index is 5.51. The van der Waals surface area contributed by atoms with Crippen LogP contribution in [0.4, 0.5) is 0 Å². The average molecular weight is 151 g/mol. The van der Waals surface area contributed by atoms with Crippen LogP contribution in [0.2, 0.25) is 0 Å². The van der Waals surface area contributed by atoms with Crippen molar-refractivity contribution in [2.75, 3.05) is 0 Å². The summed E-state index contributed by atoms with van der Waals surface area (Å²) in [5, 5.41) is 0. The quantitative estimate of drug-likeness (QED) is 0.344. The lowest BCUT2D eigenvalue weighted by Crippen LogP contribution is -2.72. The SMILES string of the molecule is [B]B([B])B(B([B])[B])B(B([B-])[B-])B([B-])[B-]. The van der Waals surface area contributed by atoms with Gasteiger partial charge in [-0.05, 0) is 50.1 Å². The Hall–Kier alpha value is 0.909. The fourth-order valence-corrected chi connectivity index (χ4v) is 1.54. The summed E-state index contributed by atoms with van der Waals surface area (Å²) in [4.78, 5) is 0. The smallest absolute Gasteiger partial charge is 0.00000627 e. The molecule has 0 amide bonds. The molecule has 0 atom stereocenters. The second-order valence-electron chi connectivity index (χ2n) is 3.46. The molecule has 0 aromatic heterocycles. The van der Waals surface area contributed by atoms with Crippen LogP contribution in [0.25, 0.3) is 0 Å². The normalized spacial score (nSPS) is 9.14. The third kappa shape index (κ3) is 4.19. The van der Waals surface area contributed by atoms with E-state index in [1.165, 1.54) is 0 Å². The molecule has 0 aliphatic carbocycles. The molecule has 14 heteroatoms. The Balaban J connectivity index is 4.74. The van der Waals surface area contributed by atoms with Gasteiger partial charge in [0.25, 0.3) is 0 Å². The van der Waals surface area contributed by atoms with Gasteiger partial charge in [-0.25, -0.2) is 0 Å². The Morgan fingerprint density at radius 3 is 0.929 bits per heavy atom. The minimum absolute atomic E-state index is 0.519. The van der Waals surface area contributed by atoms with Crippen LogP contribution in [0.1, 0.15) is 0 Å². The molecule has 0 bridgehead atoms. The van der Waals surface area contributed by atoms with Crippen LogP contribution in [0.3, 0.4) is 0 Å². The molecule has 20 radical (unpaired) electrons. The van der Waals surface area contributed by atoms with E-state index in [-0.39, 0.29) is 0 Å². The van der Waals surface area contributed by atoms with Crippen LogP contribution in [0.15, 0.2) is 0 Å². The largest absolute Gasteiger partial charge is 0.729 e. The predicted molar refractivity (Wildman–Crippen MR) is 80.6 cm³/mol. The maximum Gasteiger partial charge on any atom is -0.00000627 e. The number of hydrogen-bond donors (Lipinski definition) is 0. The molecule has 0 aromatic carbocycles. The van der Waals surface area contributed by atoms with Gasteiger partial charge in [0.2, 0.25) is 0 Å². The van der Waals surface area contributed by atoms with Crippen LogP contribution in [-0.4, -0.2) is 100 Å². The zero-order valence-electron chi connectivity index (χ0n) is 8.08. The van der Waals surface area contributed by atoms with Crippen molar-refractivity contribution in [1.29, 1.82) is 0 Å². The lowest BCUT2D eigenvalue weighted by atomic mass is 8.47. The second-order valence-corrected chi connectivity index (χ2v) is 3.46. The van der Waals surface area contributed by atoms with Gasteiger partial charge in [0, 0.05) is 0 Å². The molecule has 14 heavy (non-hydrogen) atoms. The van der Waals surface area contributed by atoms with Crippen molar-refractivity contribution in [2.45, 2.75) is 0 Å². The Bertz CT molecular complexity index is 108. The molecule has 0 aliphatic rings. The molecule has 0 N–H and O–H groups in total. The van der Waals surface area contributed by atoms with Gasteiger partial charge in [-0.1, -0.05) is 0 Å². The summed E-state index contributed by atoms with van der Waals surface area (Å²) in [6.45, 7) is 0. The molecule has 0 aromatic rings.